The minimum atomic E-state index is 0.110. The van der Waals surface area contributed by atoms with E-state index in [9.17, 15) is 0 Å². The van der Waals surface area contributed by atoms with Crippen LogP contribution in [0, 0.1) is 0 Å². The number of halogens is 1. The molecule has 1 aromatic carbocycles. The van der Waals surface area contributed by atoms with Gasteiger partial charge in [0.2, 0.25) is 0 Å². The maximum absolute atomic E-state index is 4.59. The third-order valence-corrected chi connectivity index (χ3v) is 4.72. The first-order valence-electron chi connectivity index (χ1n) is 5.86. The lowest BCUT2D eigenvalue weighted by atomic mass is 10.1. The molecule has 0 atom stereocenters. The quantitative estimate of drug-likeness (QED) is 0.925. The number of aromatic nitrogens is 1. The van der Waals surface area contributed by atoms with Crippen LogP contribution in [0.1, 0.15) is 13.8 Å². The molecule has 0 fully saturated rings. The van der Waals surface area contributed by atoms with Crippen molar-refractivity contribution in [1.29, 1.82) is 0 Å². The van der Waals surface area contributed by atoms with E-state index in [0.29, 0.717) is 0 Å². The number of rotatable bonds is 4. The van der Waals surface area contributed by atoms with E-state index >= 15 is 0 Å². The van der Waals surface area contributed by atoms with Gasteiger partial charge in [-0.1, -0.05) is 27.3 Å². The Labute approximate surface area is 120 Å². The Hall–Kier alpha value is -0.650. The van der Waals surface area contributed by atoms with Crippen LogP contribution in [-0.2, 0) is 0 Å². The molecular weight excluding hydrogens is 310 g/mol. The summed E-state index contributed by atoms with van der Waals surface area (Å²) in [5.74, 6) is 0. The Morgan fingerprint density at radius 3 is 2.78 bits per heavy atom. The van der Waals surface area contributed by atoms with Crippen molar-refractivity contribution in [2.45, 2.75) is 19.4 Å². The summed E-state index contributed by atoms with van der Waals surface area (Å²) in [5, 5.41) is 4.41. The third-order valence-electron chi connectivity index (χ3n) is 3.23. The number of benzene rings is 1. The van der Waals surface area contributed by atoms with Crippen molar-refractivity contribution < 1.29 is 0 Å². The highest BCUT2D eigenvalue weighted by Crippen LogP contribution is 2.28. The molecule has 2 rings (SSSR count). The molecule has 0 aliphatic heterocycles. The van der Waals surface area contributed by atoms with Crippen LogP contribution in [0.3, 0.4) is 0 Å². The number of thiazole rings is 1. The number of anilines is 1. The van der Waals surface area contributed by atoms with Gasteiger partial charge in [0.15, 0.2) is 5.13 Å². The summed E-state index contributed by atoms with van der Waals surface area (Å²) in [6.45, 7) is 5.30. The summed E-state index contributed by atoms with van der Waals surface area (Å²) in [6, 6.07) is 6.20. The number of nitrogens with zero attached hydrogens (tertiary/aromatic N) is 2. The Bertz CT molecular complexity index is 548. The van der Waals surface area contributed by atoms with Gasteiger partial charge in [0.25, 0.3) is 0 Å². The molecule has 98 valence electrons. The highest BCUT2D eigenvalue weighted by Gasteiger charge is 2.20. The molecular formula is C13H18BrN3S. The number of hydrogen-bond acceptors (Lipinski definition) is 4. The standard InChI is InChI=1S/C13H18BrN3S/c1-13(2,17(3)4)8-15-12-16-10-7-9(14)5-6-11(10)18-12/h5-7H,8H2,1-4H3,(H,15,16). The van der Waals surface area contributed by atoms with Crippen molar-refractivity contribution in [3.05, 3.63) is 22.7 Å². The van der Waals surface area contributed by atoms with Crippen LogP contribution in [0.2, 0.25) is 0 Å². The predicted octanol–water partition coefficient (Wildman–Crippen LogP) is 3.81. The van der Waals surface area contributed by atoms with Crippen LogP contribution in [0.5, 0.6) is 0 Å². The fraction of sp³-hybridized carbons (Fsp3) is 0.462. The fourth-order valence-corrected chi connectivity index (χ4v) is 2.62. The summed E-state index contributed by atoms with van der Waals surface area (Å²) in [4.78, 5) is 6.81. The zero-order valence-corrected chi connectivity index (χ0v) is 13.5. The molecule has 0 aliphatic rings. The fourth-order valence-electron chi connectivity index (χ4n) is 1.43. The van der Waals surface area contributed by atoms with E-state index in [1.54, 1.807) is 11.3 Å². The number of nitrogens with one attached hydrogen (secondary N) is 1. The van der Waals surface area contributed by atoms with Gasteiger partial charge < -0.3 is 10.2 Å². The zero-order valence-electron chi connectivity index (χ0n) is 11.1. The molecule has 0 unspecified atom stereocenters. The Kier molecular flexibility index (Phi) is 3.94. The van der Waals surface area contributed by atoms with Gasteiger partial charge in [0.05, 0.1) is 10.2 Å². The molecule has 0 saturated heterocycles. The van der Waals surface area contributed by atoms with Gasteiger partial charge in [-0.3, -0.25) is 0 Å². The van der Waals surface area contributed by atoms with E-state index in [-0.39, 0.29) is 5.54 Å². The molecule has 3 nitrogen and oxygen atoms in total. The van der Waals surface area contributed by atoms with E-state index in [1.165, 1.54) is 4.70 Å². The molecule has 1 heterocycles. The lowest BCUT2D eigenvalue weighted by Gasteiger charge is -2.32. The van der Waals surface area contributed by atoms with Gasteiger partial charge in [-0.15, -0.1) is 0 Å². The summed E-state index contributed by atoms with van der Waals surface area (Å²) < 4.78 is 2.28. The number of likely N-dealkylation sites (N-methyl/N-ethyl adjacent to an activating group) is 1. The van der Waals surface area contributed by atoms with Crippen LogP contribution in [-0.4, -0.2) is 36.1 Å². The van der Waals surface area contributed by atoms with Gasteiger partial charge in [0, 0.05) is 16.6 Å². The maximum Gasteiger partial charge on any atom is 0.183 e. The molecule has 2 aromatic rings. The molecule has 0 spiro atoms. The number of hydrogen-bond donors (Lipinski definition) is 1. The second-order valence-electron chi connectivity index (χ2n) is 5.19. The average molecular weight is 328 g/mol. The number of fused-ring (bicyclic) bond motifs is 1. The summed E-state index contributed by atoms with van der Waals surface area (Å²) >= 11 is 5.17. The molecule has 0 saturated carbocycles. The SMILES string of the molecule is CN(C)C(C)(C)CNc1nc2cc(Br)ccc2s1. The Balaban J connectivity index is 2.13. The van der Waals surface area contributed by atoms with Crippen LogP contribution in [0.25, 0.3) is 10.2 Å². The van der Waals surface area contributed by atoms with Crippen molar-refractivity contribution in [3.8, 4) is 0 Å². The lowest BCUT2D eigenvalue weighted by Crippen LogP contribution is -2.44. The van der Waals surface area contributed by atoms with Crippen LogP contribution < -0.4 is 5.32 Å². The van der Waals surface area contributed by atoms with E-state index in [0.717, 1.165) is 21.7 Å². The van der Waals surface area contributed by atoms with E-state index in [1.807, 2.05) is 12.1 Å². The van der Waals surface area contributed by atoms with Crippen molar-refractivity contribution in [2.75, 3.05) is 26.0 Å². The molecule has 1 N–H and O–H groups in total. The normalized spacial score (nSPS) is 12.3. The smallest absolute Gasteiger partial charge is 0.183 e. The van der Waals surface area contributed by atoms with Crippen molar-refractivity contribution in [3.63, 3.8) is 0 Å². The van der Waals surface area contributed by atoms with Gasteiger partial charge in [-0.05, 0) is 46.1 Å². The molecule has 0 aliphatic carbocycles. The topological polar surface area (TPSA) is 28.2 Å². The second kappa shape index (κ2) is 5.15. The van der Waals surface area contributed by atoms with Crippen molar-refractivity contribution in [2.24, 2.45) is 0 Å². The summed E-state index contributed by atoms with van der Waals surface area (Å²) in [6.07, 6.45) is 0. The van der Waals surface area contributed by atoms with Gasteiger partial charge >= 0.3 is 0 Å². The van der Waals surface area contributed by atoms with E-state index in [4.69, 9.17) is 0 Å². The van der Waals surface area contributed by atoms with Crippen LogP contribution >= 0.6 is 27.3 Å². The highest BCUT2D eigenvalue weighted by atomic mass is 79.9. The minimum absolute atomic E-state index is 0.110. The van der Waals surface area contributed by atoms with Crippen LogP contribution in [0.4, 0.5) is 5.13 Å². The predicted molar refractivity (Wildman–Crippen MR) is 83.6 cm³/mol. The van der Waals surface area contributed by atoms with Crippen molar-refractivity contribution in [1.82, 2.24) is 9.88 Å². The largest absolute Gasteiger partial charge is 0.360 e. The molecule has 5 heteroatoms. The zero-order chi connectivity index (χ0) is 13.3. The minimum Gasteiger partial charge on any atom is -0.360 e. The maximum atomic E-state index is 4.59. The summed E-state index contributed by atoms with van der Waals surface area (Å²) in [5.41, 5.74) is 1.15. The Morgan fingerprint density at radius 1 is 1.39 bits per heavy atom. The highest BCUT2D eigenvalue weighted by molar-refractivity contribution is 9.10. The van der Waals surface area contributed by atoms with Gasteiger partial charge in [0.1, 0.15) is 0 Å². The van der Waals surface area contributed by atoms with Gasteiger partial charge in [-0.25, -0.2) is 4.98 Å². The third kappa shape index (κ3) is 3.02. The molecule has 0 radical (unpaired) electrons. The van der Waals surface area contributed by atoms with Gasteiger partial charge in [-0.2, -0.15) is 0 Å². The molecule has 1 aromatic heterocycles. The van der Waals surface area contributed by atoms with E-state index < -0.39 is 0 Å². The molecule has 18 heavy (non-hydrogen) atoms. The molecule has 0 bridgehead atoms. The average Bonchev–Trinajstić information content (AvgIpc) is 2.68. The van der Waals surface area contributed by atoms with Crippen molar-refractivity contribution >= 4 is 42.6 Å². The van der Waals surface area contributed by atoms with Crippen LogP contribution in [0.15, 0.2) is 22.7 Å². The molecule has 0 amide bonds. The first-order valence-corrected chi connectivity index (χ1v) is 7.47. The summed E-state index contributed by atoms with van der Waals surface area (Å²) in [7, 11) is 4.19. The second-order valence-corrected chi connectivity index (χ2v) is 7.14. The lowest BCUT2D eigenvalue weighted by molar-refractivity contribution is 0.210. The first kappa shape index (κ1) is 13.8. The Morgan fingerprint density at radius 2 is 2.11 bits per heavy atom. The first-order chi connectivity index (χ1) is 8.38. The van der Waals surface area contributed by atoms with E-state index in [2.05, 4.69) is 65.1 Å². The monoisotopic (exact) mass is 327 g/mol.